The van der Waals surface area contributed by atoms with Gasteiger partial charge in [-0.15, -0.1) is 0 Å². The van der Waals surface area contributed by atoms with Crippen LogP contribution in [-0.2, 0) is 0 Å². The van der Waals surface area contributed by atoms with E-state index in [1.54, 1.807) is 55.5 Å². The number of pyridine rings is 2. The Hall–Kier alpha value is -12.4. The number of rotatable bonds is 7. The average Bonchev–Trinajstić information content (AvgIpc) is 1.64. The van der Waals surface area contributed by atoms with Crippen LogP contribution in [0.1, 0.15) is 137 Å². The number of hydrogen-bond acceptors (Lipinski definition) is 18. The molecule has 0 unspecified atom stereocenters. The molecule has 0 aliphatic carbocycles. The zero-order valence-electron chi connectivity index (χ0n) is 85.3. The highest BCUT2D eigenvalue weighted by Crippen LogP contribution is 2.45. The minimum absolute atomic E-state index is 0.223. The fourth-order valence-corrected chi connectivity index (χ4v) is 12.9. The zero-order chi connectivity index (χ0) is 96.0. The van der Waals surface area contributed by atoms with Gasteiger partial charge < -0.3 is 58.8 Å². The maximum Gasteiger partial charge on any atom is 0.178 e. The third-order valence-electron chi connectivity index (χ3n) is 18.1. The summed E-state index contributed by atoms with van der Waals surface area (Å²) in [4.78, 5) is 47.2. The molecule has 0 amide bonds. The van der Waals surface area contributed by atoms with Crippen molar-refractivity contribution in [2.45, 2.75) is 125 Å². The van der Waals surface area contributed by atoms with Gasteiger partial charge in [-0.1, -0.05) is 223 Å². The molecular formula is C97H126N18. The Balaban J connectivity index is 0.000000209. The van der Waals surface area contributed by atoms with Crippen molar-refractivity contribution in [3.63, 3.8) is 0 Å². The first-order valence-electron chi connectivity index (χ1n) is 47.2. The number of aromatic nitrogens is 6. The first-order valence-corrected chi connectivity index (χ1v) is 39.7. The summed E-state index contributed by atoms with van der Waals surface area (Å²) in [7, 11) is 0. The quantitative estimate of drug-likeness (QED) is 0.151. The summed E-state index contributed by atoms with van der Waals surface area (Å²) in [6.07, 6.45) is 13.3. The van der Waals surface area contributed by atoms with Gasteiger partial charge in [-0.3, -0.25) is 0 Å². The van der Waals surface area contributed by atoms with Gasteiger partial charge in [-0.25, -0.2) is 29.9 Å². The van der Waals surface area contributed by atoms with Gasteiger partial charge in [0.25, 0.3) is 0 Å². The van der Waals surface area contributed by atoms with E-state index in [2.05, 4.69) is 87.9 Å². The highest BCUT2D eigenvalue weighted by molar-refractivity contribution is 5.86. The summed E-state index contributed by atoms with van der Waals surface area (Å²) in [6.45, 7) is 27.6. The van der Waals surface area contributed by atoms with E-state index >= 15 is 0 Å². The third kappa shape index (κ3) is 22.1. The monoisotopic (exact) mass is 1560 g/mol. The van der Waals surface area contributed by atoms with Gasteiger partial charge >= 0.3 is 0 Å². The van der Waals surface area contributed by atoms with E-state index in [9.17, 15) is 0 Å². The molecule has 604 valence electrons. The highest BCUT2D eigenvalue weighted by Gasteiger charge is 2.33. The summed E-state index contributed by atoms with van der Waals surface area (Å²) < 4.78 is 114. The number of fused-ring (bicyclic) bond motifs is 5. The second kappa shape index (κ2) is 45.9. The van der Waals surface area contributed by atoms with Crippen LogP contribution in [0, 0.1) is 41.5 Å². The predicted molar refractivity (Wildman–Crippen MR) is 496 cm³/mol. The van der Waals surface area contributed by atoms with Gasteiger partial charge in [-0.2, -0.15) is 0 Å². The molecule has 6 aliphatic rings. The van der Waals surface area contributed by atoms with Crippen molar-refractivity contribution in [2.75, 3.05) is 129 Å². The van der Waals surface area contributed by atoms with Gasteiger partial charge in [0.15, 0.2) is 34.9 Å². The fraction of sp³-hybridized carbons (Fsp3) is 0.299. The van der Waals surface area contributed by atoms with Gasteiger partial charge in [0.2, 0.25) is 0 Å². The molecule has 10 heterocycles. The molecule has 8 aromatic carbocycles. The summed E-state index contributed by atoms with van der Waals surface area (Å²) in [6, 6.07) is 73.2. The van der Waals surface area contributed by atoms with Crippen molar-refractivity contribution >= 4 is 97.5 Å². The summed E-state index contributed by atoms with van der Waals surface area (Å²) in [5, 5.41) is 0. The van der Waals surface area contributed by atoms with Crippen LogP contribution in [0.3, 0.4) is 0 Å². The molecule has 0 spiro atoms. The molecule has 0 bridgehead atoms. The van der Waals surface area contributed by atoms with Crippen LogP contribution < -0.4 is 53.9 Å². The standard InChI is InChI=1S/C18H16N4.C15H16N2.2C14H15N3.C13H14N4.C11H14N2.6C2H6/c1-14-7-5-6-10-16(14)22-13-21(15-8-3-2-4-9-15)17-18(22)20-12-11-19-17;1-12-7-3-4-8-13(12)17-11-16(2)14-9-5-6-10-15(14)17;1-11-6-3-4-7-12(11)17-10-16(2)14-13(17)8-5-9-15-14;1-11-6-3-4-7-12(11)17-10-16(2)13-8-5-9-15-14(13)17;1-10-5-3-4-6-11(10)17-9-16(2)12-13(17)15-8-7-14-12;1-10-5-3-4-6-11(10)13-8-7-12(2)9-13;6*1-2/h2-12H,13H2,1H3;3-10H,11H2,1-2H3;2*3-9H,10H2,1-2H3;3-8H,9H2,1-2H3;3-8H,9H2,1-2H3;6*1-2H3/i;5*2D3;;;;;;. The van der Waals surface area contributed by atoms with E-state index in [0.717, 1.165) is 90.6 Å². The maximum atomic E-state index is 7.70. The SMILES string of the molecule is CC.CC.CC.CC.CC.CC.Cc1ccccc1N1CN(c2ccccc2)c2nccnc21.[2H]C([2H])([2H])N1C=CN(c2ccccc2C)C1.[2H]C([2H])([2H])N1CN(c2ccccc2C)c2ccccc21.[2H]C([2H])([2H])N1CN(c2ccccc2C)c2cccnc21.[2H]C([2H])([2H])N1CN(c2ccccc2C)c2ncccc21.[2H]C([2H])([2H])N1CN(c2ccccc2C)c2nccnc21. The van der Waals surface area contributed by atoms with E-state index in [1.807, 2.05) is 313 Å². The topological polar surface area (TPSA) is 116 Å². The fourth-order valence-electron chi connectivity index (χ4n) is 12.9. The Morgan fingerprint density at radius 1 is 0.217 bits per heavy atom. The lowest BCUT2D eigenvalue weighted by atomic mass is 10.1. The van der Waals surface area contributed by atoms with E-state index in [4.69, 9.17) is 20.6 Å². The molecule has 18 rings (SSSR count). The summed E-state index contributed by atoms with van der Waals surface area (Å²) >= 11 is 0. The van der Waals surface area contributed by atoms with Crippen molar-refractivity contribution in [1.82, 2.24) is 34.8 Å². The van der Waals surface area contributed by atoms with Crippen LogP contribution >= 0.6 is 0 Å². The van der Waals surface area contributed by atoms with Gasteiger partial charge in [0.05, 0.1) is 56.1 Å². The smallest absolute Gasteiger partial charge is 0.178 e. The summed E-state index contributed by atoms with van der Waals surface area (Å²) in [5.41, 5.74) is 17.3. The molecule has 0 saturated heterocycles. The lowest BCUT2D eigenvalue weighted by Gasteiger charge is -2.22. The Labute approximate surface area is 710 Å². The van der Waals surface area contributed by atoms with Crippen molar-refractivity contribution < 1.29 is 20.6 Å². The van der Waals surface area contributed by atoms with Crippen molar-refractivity contribution in [1.29, 1.82) is 0 Å². The van der Waals surface area contributed by atoms with Crippen LogP contribution in [0.25, 0.3) is 0 Å². The highest BCUT2D eigenvalue weighted by atomic mass is 15.4. The second-order valence-corrected chi connectivity index (χ2v) is 25.0. The van der Waals surface area contributed by atoms with E-state index in [-0.39, 0.29) is 20.0 Å². The molecule has 6 aliphatic heterocycles. The molecule has 0 atom stereocenters. The van der Waals surface area contributed by atoms with Crippen LogP contribution in [0.15, 0.2) is 274 Å². The first-order chi connectivity index (χ1) is 62.3. The normalized spacial score (nSPS) is 15.4. The van der Waals surface area contributed by atoms with Crippen LogP contribution in [-0.4, -0.2) is 110 Å². The Kier molecular flexibility index (Phi) is 27.7. The summed E-state index contributed by atoms with van der Waals surface area (Å²) in [5.74, 6) is 3.99. The van der Waals surface area contributed by atoms with E-state index in [1.165, 1.54) is 41.9 Å². The van der Waals surface area contributed by atoms with E-state index in [0.29, 0.717) is 49.0 Å². The van der Waals surface area contributed by atoms with Gasteiger partial charge in [-0.05, 0) is 160 Å². The number of anilines is 17. The predicted octanol–water partition coefficient (Wildman–Crippen LogP) is 24.1. The molecule has 18 nitrogen and oxygen atoms in total. The molecule has 4 aromatic heterocycles. The largest absolute Gasteiger partial charge is 0.361 e. The molecule has 12 aromatic rings. The number of benzene rings is 8. The maximum absolute atomic E-state index is 7.70. The minimum Gasteiger partial charge on any atom is -0.361 e. The number of para-hydroxylation sites is 9. The Morgan fingerprint density at radius 3 is 0.974 bits per heavy atom. The molecule has 115 heavy (non-hydrogen) atoms. The number of aryl methyl sites for hydroxylation is 6. The zero-order valence-corrected chi connectivity index (χ0v) is 70.3. The molecule has 0 radical (unpaired) electrons. The molecule has 0 saturated carbocycles. The Bertz CT molecular complexity index is 5050. The van der Waals surface area contributed by atoms with E-state index < -0.39 is 34.9 Å². The van der Waals surface area contributed by atoms with Crippen molar-refractivity contribution in [2.24, 2.45) is 0 Å². The Morgan fingerprint density at radius 2 is 0.522 bits per heavy atom. The van der Waals surface area contributed by atoms with Crippen LogP contribution in [0.4, 0.5) is 97.5 Å². The minimum atomic E-state index is -2.23. The molecule has 0 N–H and O–H groups in total. The number of nitrogens with zero attached hydrogens (tertiary/aromatic N) is 18. The van der Waals surface area contributed by atoms with Crippen LogP contribution in [0.5, 0.6) is 0 Å². The number of hydrogen-bond donors (Lipinski definition) is 0. The molecule has 0 fully saturated rings. The average molecular weight is 1560 g/mol. The van der Waals surface area contributed by atoms with Crippen LogP contribution in [0.2, 0.25) is 0 Å². The van der Waals surface area contributed by atoms with Crippen molar-refractivity contribution in [3.05, 3.63) is 307 Å². The second-order valence-electron chi connectivity index (χ2n) is 25.0. The lowest BCUT2D eigenvalue weighted by Crippen LogP contribution is -2.24. The lowest BCUT2D eigenvalue weighted by molar-refractivity contribution is 0.495. The van der Waals surface area contributed by atoms with Gasteiger partial charge in [0.1, 0.15) is 6.67 Å². The molecular weight excluding hydrogens is 1420 g/mol. The third-order valence-corrected chi connectivity index (χ3v) is 18.1. The van der Waals surface area contributed by atoms with Gasteiger partial charge in [0, 0.05) is 145 Å². The molecule has 18 heteroatoms. The first kappa shape index (κ1) is 69.3. The van der Waals surface area contributed by atoms with Crippen molar-refractivity contribution in [3.8, 4) is 0 Å².